The first-order valence-electron chi connectivity index (χ1n) is 13.0. The van der Waals surface area contributed by atoms with Gasteiger partial charge in [0.15, 0.2) is 0 Å². The third-order valence-electron chi connectivity index (χ3n) is 7.24. The molecule has 6 aromatic carbocycles. The number of hydrogen-bond acceptors (Lipinski definition) is 1. The average molecular weight is 484 g/mol. The van der Waals surface area contributed by atoms with Crippen molar-refractivity contribution in [3.8, 4) is 44.8 Å². The maximum Gasteiger partial charge on any atom is 0.0715 e. The van der Waals surface area contributed by atoms with Gasteiger partial charge in [-0.25, -0.2) is 4.98 Å². The van der Waals surface area contributed by atoms with Crippen molar-refractivity contribution in [3.05, 3.63) is 152 Å². The Balaban J connectivity index is 1.42. The predicted octanol–water partition coefficient (Wildman–Crippen LogP) is 10.1. The standard InChI is InChI=1S/C37H25N/c1-3-12-26(13-4-1)36-24-31(25-37(38-36)27-14-5-2-6-15-27)28-17-11-18-29(22-28)35-23-30-16-7-8-19-32(30)33-20-9-10-21-34(33)35/h1-25H. The van der Waals surface area contributed by atoms with E-state index in [1.54, 1.807) is 0 Å². The smallest absolute Gasteiger partial charge is 0.0715 e. The molecule has 0 radical (unpaired) electrons. The number of aromatic nitrogens is 1. The lowest BCUT2D eigenvalue weighted by Crippen LogP contribution is -1.91. The molecule has 0 aliphatic rings. The van der Waals surface area contributed by atoms with Crippen molar-refractivity contribution in [2.24, 2.45) is 0 Å². The monoisotopic (exact) mass is 483 g/mol. The van der Waals surface area contributed by atoms with E-state index in [4.69, 9.17) is 4.98 Å². The van der Waals surface area contributed by atoms with Gasteiger partial charge in [0.1, 0.15) is 0 Å². The second kappa shape index (κ2) is 9.46. The molecule has 0 fully saturated rings. The lowest BCUT2D eigenvalue weighted by atomic mass is 9.91. The van der Waals surface area contributed by atoms with Crippen molar-refractivity contribution in [2.45, 2.75) is 0 Å². The molecule has 0 N–H and O–H groups in total. The molecule has 0 saturated heterocycles. The molecule has 1 heterocycles. The predicted molar refractivity (Wildman–Crippen MR) is 161 cm³/mol. The van der Waals surface area contributed by atoms with Crippen molar-refractivity contribution in [1.82, 2.24) is 4.98 Å². The van der Waals surface area contributed by atoms with Crippen molar-refractivity contribution >= 4 is 21.5 Å². The van der Waals surface area contributed by atoms with E-state index in [1.807, 2.05) is 12.1 Å². The number of fused-ring (bicyclic) bond motifs is 3. The Labute approximate surface area is 222 Å². The van der Waals surface area contributed by atoms with E-state index in [0.717, 1.165) is 28.1 Å². The van der Waals surface area contributed by atoms with Gasteiger partial charge in [-0.05, 0) is 68.1 Å². The summed E-state index contributed by atoms with van der Waals surface area (Å²) in [5, 5.41) is 5.10. The fraction of sp³-hybridized carbons (Fsp3) is 0. The summed E-state index contributed by atoms with van der Waals surface area (Å²) in [6, 6.07) is 53.9. The highest BCUT2D eigenvalue weighted by Crippen LogP contribution is 2.37. The zero-order valence-corrected chi connectivity index (χ0v) is 20.9. The van der Waals surface area contributed by atoms with Gasteiger partial charge in [0.25, 0.3) is 0 Å². The van der Waals surface area contributed by atoms with Crippen LogP contribution in [0.2, 0.25) is 0 Å². The molecule has 0 amide bonds. The first kappa shape index (κ1) is 22.2. The summed E-state index contributed by atoms with van der Waals surface area (Å²) in [4.78, 5) is 5.06. The van der Waals surface area contributed by atoms with Gasteiger partial charge < -0.3 is 0 Å². The van der Waals surface area contributed by atoms with Gasteiger partial charge in [-0.1, -0.05) is 127 Å². The van der Waals surface area contributed by atoms with E-state index in [-0.39, 0.29) is 0 Å². The Kier molecular flexibility index (Phi) is 5.53. The van der Waals surface area contributed by atoms with E-state index in [1.165, 1.54) is 38.2 Å². The summed E-state index contributed by atoms with van der Waals surface area (Å²) < 4.78 is 0. The van der Waals surface area contributed by atoms with Crippen molar-refractivity contribution < 1.29 is 0 Å². The molecule has 0 aliphatic carbocycles. The molecule has 0 saturated carbocycles. The third-order valence-corrected chi connectivity index (χ3v) is 7.24. The van der Waals surface area contributed by atoms with Crippen LogP contribution in [-0.4, -0.2) is 4.98 Å². The first-order valence-corrected chi connectivity index (χ1v) is 13.0. The largest absolute Gasteiger partial charge is 0.248 e. The Morgan fingerprint density at radius 2 is 0.842 bits per heavy atom. The minimum atomic E-state index is 0.975. The molecule has 0 bridgehead atoms. The SMILES string of the molecule is c1ccc(-c2cc(-c3cccc(-c4cc5ccccc5c5ccccc45)c3)cc(-c3ccccc3)n2)cc1. The summed E-state index contributed by atoms with van der Waals surface area (Å²) in [6.45, 7) is 0. The first-order chi connectivity index (χ1) is 18.8. The number of rotatable bonds is 4. The highest BCUT2D eigenvalue weighted by Gasteiger charge is 2.12. The second-order valence-corrected chi connectivity index (χ2v) is 9.63. The fourth-order valence-corrected chi connectivity index (χ4v) is 5.37. The highest BCUT2D eigenvalue weighted by molar-refractivity contribution is 6.13. The summed E-state index contributed by atoms with van der Waals surface area (Å²) in [5.41, 5.74) is 8.98. The minimum absolute atomic E-state index is 0.975. The third kappa shape index (κ3) is 4.05. The van der Waals surface area contributed by atoms with Crippen LogP contribution in [0.15, 0.2) is 152 Å². The van der Waals surface area contributed by atoms with Crippen LogP contribution in [0.25, 0.3) is 66.3 Å². The quantitative estimate of drug-likeness (QED) is 0.227. The van der Waals surface area contributed by atoms with Crippen molar-refractivity contribution in [2.75, 3.05) is 0 Å². The number of pyridine rings is 1. The zero-order valence-electron chi connectivity index (χ0n) is 20.9. The number of benzene rings is 6. The van der Waals surface area contributed by atoms with Crippen LogP contribution >= 0.6 is 0 Å². The molecule has 178 valence electrons. The van der Waals surface area contributed by atoms with Crippen LogP contribution in [0.4, 0.5) is 0 Å². The Morgan fingerprint density at radius 3 is 1.53 bits per heavy atom. The Bertz CT molecular complexity index is 1850. The molecule has 1 nitrogen and oxygen atoms in total. The van der Waals surface area contributed by atoms with Gasteiger partial charge in [0, 0.05) is 11.1 Å². The maximum absolute atomic E-state index is 5.06. The lowest BCUT2D eigenvalue weighted by Gasteiger charge is -2.13. The molecule has 0 atom stereocenters. The van der Waals surface area contributed by atoms with Crippen LogP contribution < -0.4 is 0 Å². The van der Waals surface area contributed by atoms with E-state index < -0.39 is 0 Å². The molecule has 38 heavy (non-hydrogen) atoms. The molecule has 1 heteroatoms. The number of nitrogens with zero attached hydrogens (tertiary/aromatic N) is 1. The average Bonchev–Trinajstić information content (AvgIpc) is 3.01. The topological polar surface area (TPSA) is 12.9 Å². The van der Waals surface area contributed by atoms with Gasteiger partial charge in [0.2, 0.25) is 0 Å². The van der Waals surface area contributed by atoms with E-state index >= 15 is 0 Å². The summed E-state index contributed by atoms with van der Waals surface area (Å²) in [6.07, 6.45) is 0. The Morgan fingerprint density at radius 1 is 0.316 bits per heavy atom. The molecule has 7 rings (SSSR count). The molecule has 0 spiro atoms. The fourth-order valence-electron chi connectivity index (χ4n) is 5.37. The molecule has 1 aromatic heterocycles. The maximum atomic E-state index is 5.06. The van der Waals surface area contributed by atoms with Crippen molar-refractivity contribution in [3.63, 3.8) is 0 Å². The van der Waals surface area contributed by atoms with Gasteiger partial charge in [-0.2, -0.15) is 0 Å². The zero-order chi connectivity index (χ0) is 25.3. The van der Waals surface area contributed by atoms with Crippen molar-refractivity contribution in [1.29, 1.82) is 0 Å². The van der Waals surface area contributed by atoms with E-state index in [9.17, 15) is 0 Å². The molecular formula is C37H25N. The summed E-state index contributed by atoms with van der Waals surface area (Å²) in [5.74, 6) is 0. The Hall–Kier alpha value is -5.01. The summed E-state index contributed by atoms with van der Waals surface area (Å²) in [7, 11) is 0. The highest BCUT2D eigenvalue weighted by atomic mass is 14.7. The summed E-state index contributed by atoms with van der Waals surface area (Å²) >= 11 is 0. The van der Waals surface area contributed by atoms with Gasteiger partial charge >= 0.3 is 0 Å². The van der Waals surface area contributed by atoms with E-state index in [2.05, 4.69) is 140 Å². The van der Waals surface area contributed by atoms with Crippen LogP contribution in [0.1, 0.15) is 0 Å². The molecule has 0 aliphatic heterocycles. The lowest BCUT2D eigenvalue weighted by molar-refractivity contribution is 1.32. The number of hydrogen-bond donors (Lipinski definition) is 0. The molecule has 7 aromatic rings. The van der Waals surface area contributed by atoms with Crippen LogP contribution in [-0.2, 0) is 0 Å². The van der Waals surface area contributed by atoms with Gasteiger partial charge in [0.05, 0.1) is 11.4 Å². The van der Waals surface area contributed by atoms with Crippen LogP contribution in [0.3, 0.4) is 0 Å². The van der Waals surface area contributed by atoms with E-state index in [0.29, 0.717) is 0 Å². The molecule has 0 unspecified atom stereocenters. The molecular weight excluding hydrogens is 458 g/mol. The normalized spacial score (nSPS) is 11.2. The minimum Gasteiger partial charge on any atom is -0.248 e. The van der Waals surface area contributed by atoms with Crippen LogP contribution in [0, 0.1) is 0 Å². The van der Waals surface area contributed by atoms with Crippen LogP contribution in [0.5, 0.6) is 0 Å². The van der Waals surface area contributed by atoms with Gasteiger partial charge in [-0.3, -0.25) is 0 Å². The second-order valence-electron chi connectivity index (χ2n) is 9.63. The van der Waals surface area contributed by atoms with Gasteiger partial charge in [-0.15, -0.1) is 0 Å².